The lowest BCUT2D eigenvalue weighted by atomic mass is 10.1. The first kappa shape index (κ1) is 15.1. The van der Waals surface area contributed by atoms with Crippen LogP contribution in [0, 0.1) is 11.3 Å². The van der Waals surface area contributed by atoms with Gasteiger partial charge in [-0.3, -0.25) is 4.79 Å². The maximum Gasteiger partial charge on any atom is 0.257 e. The van der Waals surface area contributed by atoms with Crippen molar-refractivity contribution in [3.05, 3.63) is 71.3 Å². The number of hydrogen-bond donors (Lipinski definition) is 1. The lowest BCUT2D eigenvalue weighted by Gasteiger charge is -2.09. The van der Waals surface area contributed by atoms with Crippen LogP contribution in [0.1, 0.15) is 15.9 Å². The number of nitrogens with zero attached hydrogens (tertiary/aromatic N) is 2. The van der Waals surface area contributed by atoms with E-state index in [0.717, 1.165) is 5.39 Å². The number of hydrogen-bond acceptors (Lipinski definition) is 5. The number of thiophene rings is 1. The lowest BCUT2D eigenvalue weighted by molar-refractivity contribution is 0.102. The zero-order valence-electron chi connectivity index (χ0n) is 12.9. The SMILES string of the molecule is N#Cc1ccsc1NC(=O)c1cc(-c2ccco2)nc2ccccc12. The van der Waals surface area contributed by atoms with Crippen molar-refractivity contribution in [3.63, 3.8) is 0 Å². The van der Waals surface area contributed by atoms with E-state index in [9.17, 15) is 4.79 Å². The molecule has 120 valence electrons. The highest BCUT2D eigenvalue weighted by atomic mass is 32.1. The Labute approximate surface area is 147 Å². The number of anilines is 1. The van der Waals surface area contributed by atoms with Gasteiger partial charge < -0.3 is 9.73 Å². The summed E-state index contributed by atoms with van der Waals surface area (Å²) >= 11 is 1.32. The molecule has 4 rings (SSSR count). The number of furan rings is 1. The van der Waals surface area contributed by atoms with Crippen LogP contribution < -0.4 is 5.32 Å². The fourth-order valence-electron chi connectivity index (χ4n) is 2.58. The summed E-state index contributed by atoms with van der Waals surface area (Å²) in [4.78, 5) is 17.4. The number of nitriles is 1. The van der Waals surface area contributed by atoms with E-state index in [1.165, 1.54) is 11.3 Å². The molecule has 3 heterocycles. The summed E-state index contributed by atoms with van der Waals surface area (Å²) in [5.41, 5.74) is 2.21. The number of para-hydroxylation sites is 1. The first-order chi connectivity index (χ1) is 12.3. The van der Waals surface area contributed by atoms with Crippen LogP contribution in [0.2, 0.25) is 0 Å². The first-order valence-electron chi connectivity index (χ1n) is 7.49. The molecule has 6 heteroatoms. The molecule has 3 aromatic heterocycles. The molecule has 0 saturated carbocycles. The largest absolute Gasteiger partial charge is 0.463 e. The third-order valence-electron chi connectivity index (χ3n) is 3.75. The smallest absolute Gasteiger partial charge is 0.257 e. The number of carbonyl (C=O) groups is 1. The summed E-state index contributed by atoms with van der Waals surface area (Å²) in [5.74, 6) is 0.305. The van der Waals surface area contributed by atoms with Gasteiger partial charge in [-0.2, -0.15) is 5.26 Å². The minimum Gasteiger partial charge on any atom is -0.463 e. The fraction of sp³-hybridized carbons (Fsp3) is 0. The first-order valence-corrected chi connectivity index (χ1v) is 8.37. The Morgan fingerprint density at radius 3 is 2.88 bits per heavy atom. The molecule has 1 aromatic carbocycles. The summed E-state index contributed by atoms with van der Waals surface area (Å²) in [6.45, 7) is 0. The van der Waals surface area contributed by atoms with Crippen molar-refractivity contribution in [1.82, 2.24) is 4.98 Å². The van der Waals surface area contributed by atoms with Crippen LogP contribution in [-0.4, -0.2) is 10.9 Å². The second kappa shape index (κ2) is 6.23. The van der Waals surface area contributed by atoms with E-state index in [0.29, 0.717) is 33.1 Å². The average molecular weight is 345 g/mol. The molecule has 1 N–H and O–H groups in total. The quantitative estimate of drug-likeness (QED) is 0.585. The minimum absolute atomic E-state index is 0.287. The van der Waals surface area contributed by atoms with E-state index in [1.54, 1.807) is 35.9 Å². The Morgan fingerprint density at radius 2 is 2.08 bits per heavy atom. The van der Waals surface area contributed by atoms with Gasteiger partial charge >= 0.3 is 0 Å². The fourth-order valence-corrected chi connectivity index (χ4v) is 3.31. The molecule has 0 aliphatic rings. The van der Waals surface area contributed by atoms with Crippen LogP contribution in [0.3, 0.4) is 0 Å². The molecule has 0 atom stereocenters. The van der Waals surface area contributed by atoms with Gasteiger partial charge in [0.25, 0.3) is 5.91 Å². The second-order valence-corrected chi connectivity index (χ2v) is 6.19. The molecule has 0 spiro atoms. The van der Waals surface area contributed by atoms with Crippen LogP contribution in [0.25, 0.3) is 22.4 Å². The van der Waals surface area contributed by atoms with Crippen LogP contribution in [0.15, 0.2) is 64.6 Å². The summed E-state index contributed by atoms with van der Waals surface area (Å²) < 4.78 is 5.41. The zero-order valence-corrected chi connectivity index (χ0v) is 13.7. The molecule has 0 aliphatic heterocycles. The number of carbonyl (C=O) groups excluding carboxylic acids is 1. The van der Waals surface area contributed by atoms with Crippen molar-refractivity contribution < 1.29 is 9.21 Å². The standard InChI is InChI=1S/C19H11N3O2S/c20-11-12-7-9-25-19(12)22-18(23)14-10-16(17-6-3-8-24-17)21-15-5-2-1-4-13(14)15/h1-10H,(H,22,23). The molecule has 25 heavy (non-hydrogen) atoms. The Kier molecular flexibility index (Phi) is 3.77. The van der Waals surface area contributed by atoms with E-state index in [1.807, 2.05) is 24.3 Å². The molecule has 0 unspecified atom stereocenters. The van der Waals surface area contributed by atoms with Gasteiger partial charge in [-0.05, 0) is 35.7 Å². The van der Waals surface area contributed by atoms with E-state index >= 15 is 0 Å². The third kappa shape index (κ3) is 2.77. The van der Waals surface area contributed by atoms with Crippen molar-refractivity contribution >= 4 is 33.1 Å². The van der Waals surface area contributed by atoms with Crippen molar-refractivity contribution in [2.24, 2.45) is 0 Å². The monoisotopic (exact) mass is 345 g/mol. The van der Waals surface area contributed by atoms with Crippen molar-refractivity contribution in [2.75, 3.05) is 5.32 Å². The van der Waals surface area contributed by atoms with Gasteiger partial charge in [0.15, 0.2) is 5.76 Å². The topological polar surface area (TPSA) is 78.9 Å². The molecule has 0 saturated heterocycles. The van der Waals surface area contributed by atoms with Crippen LogP contribution >= 0.6 is 11.3 Å². The zero-order chi connectivity index (χ0) is 17.2. The summed E-state index contributed by atoms with van der Waals surface area (Å²) in [7, 11) is 0. The van der Waals surface area contributed by atoms with Gasteiger partial charge in [-0.25, -0.2) is 4.98 Å². The molecule has 4 aromatic rings. The van der Waals surface area contributed by atoms with E-state index in [-0.39, 0.29) is 5.91 Å². The number of nitrogens with one attached hydrogen (secondary N) is 1. The van der Waals surface area contributed by atoms with E-state index in [2.05, 4.69) is 16.4 Å². The number of fused-ring (bicyclic) bond motifs is 1. The summed E-state index contributed by atoms with van der Waals surface area (Å²) in [6, 6.07) is 16.5. The average Bonchev–Trinajstić information content (AvgIpc) is 3.32. The van der Waals surface area contributed by atoms with Gasteiger partial charge in [0.1, 0.15) is 16.8 Å². The molecule has 5 nitrogen and oxygen atoms in total. The molecular formula is C19H11N3O2S. The molecular weight excluding hydrogens is 334 g/mol. The lowest BCUT2D eigenvalue weighted by Crippen LogP contribution is -2.13. The van der Waals surface area contributed by atoms with Crippen molar-refractivity contribution in [2.45, 2.75) is 0 Å². The molecule has 1 amide bonds. The highest BCUT2D eigenvalue weighted by Crippen LogP contribution is 2.27. The maximum atomic E-state index is 12.8. The second-order valence-electron chi connectivity index (χ2n) is 5.28. The van der Waals surface area contributed by atoms with Gasteiger partial charge in [0, 0.05) is 5.39 Å². The normalized spacial score (nSPS) is 10.5. The van der Waals surface area contributed by atoms with Crippen molar-refractivity contribution in [1.29, 1.82) is 5.26 Å². The number of benzene rings is 1. The predicted octanol–water partition coefficient (Wildman–Crippen LogP) is 4.68. The maximum absolute atomic E-state index is 12.8. The van der Waals surface area contributed by atoms with Crippen LogP contribution in [-0.2, 0) is 0 Å². The molecule has 0 fully saturated rings. The molecule has 0 bridgehead atoms. The molecule has 0 aliphatic carbocycles. The Bertz CT molecular complexity index is 1110. The van der Waals surface area contributed by atoms with E-state index in [4.69, 9.17) is 9.68 Å². The highest BCUT2D eigenvalue weighted by molar-refractivity contribution is 7.14. The summed E-state index contributed by atoms with van der Waals surface area (Å²) in [5, 5.41) is 15.0. The summed E-state index contributed by atoms with van der Waals surface area (Å²) in [6.07, 6.45) is 1.57. The predicted molar refractivity (Wildman–Crippen MR) is 96.4 cm³/mol. The Balaban J connectivity index is 1.82. The molecule has 0 radical (unpaired) electrons. The minimum atomic E-state index is -0.287. The van der Waals surface area contributed by atoms with Gasteiger partial charge in [0.2, 0.25) is 0 Å². The number of rotatable bonds is 3. The number of pyridine rings is 1. The van der Waals surface area contributed by atoms with Crippen LogP contribution in [0.5, 0.6) is 0 Å². The van der Waals surface area contributed by atoms with Gasteiger partial charge in [-0.15, -0.1) is 11.3 Å². The highest BCUT2D eigenvalue weighted by Gasteiger charge is 2.16. The van der Waals surface area contributed by atoms with Gasteiger partial charge in [-0.1, -0.05) is 18.2 Å². The third-order valence-corrected chi connectivity index (χ3v) is 4.58. The number of aromatic nitrogens is 1. The number of amides is 1. The Morgan fingerprint density at radius 1 is 1.20 bits per heavy atom. The van der Waals surface area contributed by atoms with Crippen LogP contribution in [0.4, 0.5) is 5.00 Å². The van der Waals surface area contributed by atoms with Crippen molar-refractivity contribution in [3.8, 4) is 17.5 Å². The van der Waals surface area contributed by atoms with Gasteiger partial charge in [0.05, 0.1) is 22.9 Å². The van der Waals surface area contributed by atoms with E-state index < -0.39 is 0 Å². The Hall–Kier alpha value is -3.43.